The molecule has 1 N–H and O–H groups in total. The zero-order valence-corrected chi connectivity index (χ0v) is 15.6. The number of hydrogen-bond acceptors (Lipinski definition) is 3. The molecule has 1 aromatic carbocycles. The van der Waals surface area contributed by atoms with Gasteiger partial charge < -0.3 is 5.32 Å². The number of rotatable bonds is 7. The van der Waals surface area contributed by atoms with E-state index in [0.29, 0.717) is 0 Å². The summed E-state index contributed by atoms with van der Waals surface area (Å²) in [6.07, 6.45) is 1.79. The first-order chi connectivity index (χ1) is 11.5. The number of nitrogens with zero attached hydrogens (tertiary/aromatic N) is 1. The first-order valence-corrected chi connectivity index (χ1v) is 9.37. The van der Waals surface area contributed by atoms with Crippen molar-refractivity contribution in [1.29, 1.82) is 0 Å². The molecule has 4 heteroatoms. The molecule has 2 unspecified atom stereocenters. The molecule has 0 fully saturated rings. The van der Waals surface area contributed by atoms with Gasteiger partial charge in [-0.25, -0.2) is 0 Å². The Hall–Kier alpha value is -1.81. The lowest BCUT2D eigenvalue weighted by molar-refractivity contribution is -0.125. The topological polar surface area (TPSA) is 42.0 Å². The van der Waals surface area contributed by atoms with Crippen LogP contribution in [0.5, 0.6) is 0 Å². The van der Waals surface area contributed by atoms with E-state index in [1.165, 1.54) is 4.90 Å². The molecule has 3 nitrogen and oxygen atoms in total. The Morgan fingerprint density at radius 1 is 1.12 bits per heavy atom. The lowest BCUT2D eigenvalue weighted by atomic mass is 9.96. The van der Waals surface area contributed by atoms with Crippen LogP contribution in [0.2, 0.25) is 0 Å². The molecule has 1 aromatic heterocycles. The van der Waals surface area contributed by atoms with Crippen molar-refractivity contribution in [2.24, 2.45) is 11.8 Å². The summed E-state index contributed by atoms with van der Waals surface area (Å²) in [7, 11) is 0. The zero-order chi connectivity index (χ0) is 17.5. The summed E-state index contributed by atoms with van der Waals surface area (Å²) >= 11 is 1.71. The SMILES string of the molecule is Cc1cccnc1C(NC(=O)C(C)CSc1ccccc1)C(C)C. The number of aryl methyl sites for hydroxylation is 1. The molecule has 0 radical (unpaired) electrons. The van der Waals surface area contributed by atoms with Crippen molar-refractivity contribution in [2.45, 2.75) is 38.6 Å². The van der Waals surface area contributed by atoms with Crippen LogP contribution in [-0.4, -0.2) is 16.6 Å². The van der Waals surface area contributed by atoms with Crippen LogP contribution < -0.4 is 5.32 Å². The van der Waals surface area contributed by atoms with Gasteiger partial charge in [-0.3, -0.25) is 9.78 Å². The minimum Gasteiger partial charge on any atom is -0.347 e. The summed E-state index contributed by atoms with van der Waals surface area (Å²) < 4.78 is 0. The fourth-order valence-electron chi connectivity index (χ4n) is 2.48. The average molecular weight is 343 g/mol. The molecule has 2 rings (SSSR count). The van der Waals surface area contributed by atoms with E-state index in [-0.39, 0.29) is 23.8 Å². The molecule has 0 saturated heterocycles. The minimum atomic E-state index is -0.0551. The van der Waals surface area contributed by atoms with Crippen molar-refractivity contribution in [3.05, 3.63) is 59.9 Å². The van der Waals surface area contributed by atoms with E-state index in [1.807, 2.05) is 44.2 Å². The number of amides is 1. The second-order valence-corrected chi connectivity index (χ2v) is 7.55. The Labute approximate surface area is 149 Å². The quantitative estimate of drug-likeness (QED) is 0.746. The third-order valence-electron chi connectivity index (χ3n) is 4.00. The molecule has 0 spiro atoms. The predicted molar refractivity (Wildman–Crippen MR) is 101 cm³/mol. The van der Waals surface area contributed by atoms with Crippen LogP contribution in [0.15, 0.2) is 53.6 Å². The van der Waals surface area contributed by atoms with Gasteiger partial charge >= 0.3 is 0 Å². The molecule has 128 valence electrons. The fraction of sp³-hybridized carbons (Fsp3) is 0.400. The summed E-state index contributed by atoms with van der Waals surface area (Å²) in [5, 5.41) is 3.19. The second kappa shape index (κ2) is 8.88. The number of thioether (sulfide) groups is 1. The van der Waals surface area contributed by atoms with Crippen molar-refractivity contribution in [1.82, 2.24) is 10.3 Å². The molecule has 0 aliphatic rings. The smallest absolute Gasteiger partial charge is 0.224 e. The molecule has 0 aliphatic heterocycles. The van der Waals surface area contributed by atoms with Crippen molar-refractivity contribution in [3.8, 4) is 0 Å². The maximum atomic E-state index is 12.6. The Bertz CT molecular complexity index is 658. The van der Waals surface area contributed by atoms with Crippen molar-refractivity contribution >= 4 is 17.7 Å². The lowest BCUT2D eigenvalue weighted by Gasteiger charge is -2.25. The van der Waals surface area contributed by atoms with E-state index in [1.54, 1.807) is 18.0 Å². The Balaban J connectivity index is 1.99. The minimum absolute atomic E-state index is 0.0529. The van der Waals surface area contributed by atoms with Gasteiger partial charge in [-0.1, -0.05) is 45.0 Å². The third-order valence-corrected chi connectivity index (χ3v) is 5.27. The molecule has 0 aliphatic carbocycles. The maximum absolute atomic E-state index is 12.6. The van der Waals surface area contributed by atoms with Gasteiger partial charge in [-0.2, -0.15) is 0 Å². The number of pyridine rings is 1. The van der Waals surface area contributed by atoms with Gasteiger partial charge in [0, 0.05) is 22.8 Å². The van der Waals surface area contributed by atoms with E-state index in [0.717, 1.165) is 17.0 Å². The van der Waals surface area contributed by atoms with Gasteiger partial charge in [0.25, 0.3) is 0 Å². The molecule has 2 aromatic rings. The number of hydrogen-bond donors (Lipinski definition) is 1. The molecular weight excluding hydrogens is 316 g/mol. The Kier molecular flexibility index (Phi) is 6.85. The highest BCUT2D eigenvalue weighted by Gasteiger charge is 2.23. The van der Waals surface area contributed by atoms with Crippen molar-refractivity contribution in [3.63, 3.8) is 0 Å². The van der Waals surface area contributed by atoms with E-state index in [9.17, 15) is 4.79 Å². The number of carbonyl (C=O) groups is 1. The zero-order valence-electron chi connectivity index (χ0n) is 14.8. The van der Waals surface area contributed by atoms with Crippen LogP contribution in [0, 0.1) is 18.8 Å². The van der Waals surface area contributed by atoms with E-state index < -0.39 is 0 Å². The molecule has 1 heterocycles. The summed E-state index contributed by atoms with van der Waals surface area (Å²) in [4.78, 5) is 18.3. The summed E-state index contributed by atoms with van der Waals surface area (Å²) in [5.41, 5.74) is 2.08. The van der Waals surface area contributed by atoms with Crippen LogP contribution in [0.1, 0.15) is 38.1 Å². The predicted octanol–water partition coefficient (Wildman–Crippen LogP) is 4.63. The number of carbonyl (C=O) groups excluding carboxylic acids is 1. The highest BCUT2D eigenvalue weighted by atomic mass is 32.2. The normalized spacial score (nSPS) is 13.5. The van der Waals surface area contributed by atoms with Crippen molar-refractivity contribution in [2.75, 3.05) is 5.75 Å². The third kappa shape index (κ3) is 5.10. The average Bonchev–Trinajstić information content (AvgIpc) is 2.58. The molecule has 1 amide bonds. The summed E-state index contributed by atoms with van der Waals surface area (Å²) in [5.74, 6) is 1.08. The largest absolute Gasteiger partial charge is 0.347 e. The van der Waals surface area contributed by atoms with E-state index >= 15 is 0 Å². The summed E-state index contributed by atoms with van der Waals surface area (Å²) in [6, 6.07) is 14.1. The van der Waals surface area contributed by atoms with Crippen LogP contribution in [0.4, 0.5) is 0 Å². The Morgan fingerprint density at radius 2 is 1.83 bits per heavy atom. The first-order valence-electron chi connectivity index (χ1n) is 8.38. The number of nitrogens with one attached hydrogen (secondary N) is 1. The number of aromatic nitrogens is 1. The van der Waals surface area contributed by atoms with Gasteiger partial charge in [-0.05, 0) is 36.6 Å². The molecule has 24 heavy (non-hydrogen) atoms. The fourth-order valence-corrected chi connectivity index (χ4v) is 3.43. The monoisotopic (exact) mass is 342 g/mol. The van der Waals surface area contributed by atoms with Crippen LogP contribution in [0.3, 0.4) is 0 Å². The van der Waals surface area contributed by atoms with E-state index in [2.05, 4.69) is 36.3 Å². The molecule has 0 bridgehead atoms. The number of benzene rings is 1. The Morgan fingerprint density at radius 3 is 2.46 bits per heavy atom. The molecule has 0 saturated carbocycles. The highest BCUT2D eigenvalue weighted by molar-refractivity contribution is 7.99. The standard InChI is InChI=1S/C20H26N2OS/c1-14(2)18(19-15(3)9-8-12-21-19)22-20(23)16(4)13-24-17-10-6-5-7-11-17/h5-12,14,16,18H,13H2,1-4H3,(H,22,23). The first kappa shape index (κ1) is 18.5. The highest BCUT2D eigenvalue weighted by Crippen LogP contribution is 2.24. The molecule has 2 atom stereocenters. The van der Waals surface area contributed by atoms with Crippen LogP contribution in [0.25, 0.3) is 0 Å². The van der Waals surface area contributed by atoms with Crippen LogP contribution >= 0.6 is 11.8 Å². The maximum Gasteiger partial charge on any atom is 0.224 e. The summed E-state index contributed by atoms with van der Waals surface area (Å²) in [6.45, 7) is 8.25. The lowest BCUT2D eigenvalue weighted by Crippen LogP contribution is -2.37. The van der Waals surface area contributed by atoms with Gasteiger partial charge in [0.15, 0.2) is 0 Å². The van der Waals surface area contributed by atoms with Crippen molar-refractivity contribution < 1.29 is 4.79 Å². The van der Waals surface area contributed by atoms with Gasteiger partial charge in [0.05, 0.1) is 11.7 Å². The molecular formula is C20H26N2OS. The van der Waals surface area contributed by atoms with Crippen LogP contribution in [-0.2, 0) is 4.79 Å². The van der Waals surface area contributed by atoms with Gasteiger partial charge in [0.2, 0.25) is 5.91 Å². The van der Waals surface area contributed by atoms with E-state index in [4.69, 9.17) is 0 Å². The van der Waals surface area contributed by atoms with Gasteiger partial charge in [-0.15, -0.1) is 11.8 Å². The van der Waals surface area contributed by atoms with Gasteiger partial charge in [0.1, 0.15) is 0 Å². The second-order valence-electron chi connectivity index (χ2n) is 6.46.